The molecule has 0 N–H and O–H groups in total. The van der Waals surface area contributed by atoms with Crippen LogP contribution in [0.15, 0.2) is 65.6 Å². The summed E-state index contributed by atoms with van der Waals surface area (Å²) in [4.78, 5) is 29.0. The van der Waals surface area contributed by atoms with Gasteiger partial charge in [-0.2, -0.15) is 8.42 Å². The Morgan fingerprint density at radius 1 is 0.818 bits per heavy atom. The summed E-state index contributed by atoms with van der Waals surface area (Å²) in [5, 5.41) is 0. The van der Waals surface area contributed by atoms with E-state index < -0.39 is 15.9 Å². The van der Waals surface area contributed by atoms with E-state index in [-0.39, 0.29) is 33.1 Å². The maximum absolute atomic E-state index is 13.5. The van der Waals surface area contributed by atoms with Gasteiger partial charge in [-0.3, -0.25) is 9.59 Å². The van der Waals surface area contributed by atoms with Crippen LogP contribution < -0.4 is 9.08 Å². The van der Waals surface area contributed by atoms with E-state index in [1.54, 1.807) is 42.5 Å². The van der Waals surface area contributed by atoms with Crippen molar-refractivity contribution in [1.82, 2.24) is 0 Å². The fraction of sp³-hybridized carbons (Fsp3) is 0.200. The van der Waals surface area contributed by atoms with Crippen molar-refractivity contribution >= 4 is 27.4 Å². The molecular weight excluding hydrogens is 442 g/mol. The molecule has 0 radical (unpaired) electrons. The first-order valence-corrected chi connectivity index (χ1v) is 12.0. The van der Waals surface area contributed by atoms with Gasteiger partial charge in [0, 0.05) is 29.9 Å². The van der Waals surface area contributed by atoms with Crippen molar-refractivity contribution in [3.05, 3.63) is 88.5 Å². The van der Waals surface area contributed by atoms with Crippen LogP contribution in [-0.2, 0) is 14.9 Å². The smallest absolute Gasteiger partial charge is 0.339 e. The normalized spacial score (nSPS) is 15.7. The van der Waals surface area contributed by atoms with Crippen LogP contribution in [0.3, 0.4) is 0 Å². The van der Waals surface area contributed by atoms with Gasteiger partial charge in [-0.25, -0.2) is 0 Å². The Morgan fingerprint density at radius 2 is 1.42 bits per heavy atom. The summed E-state index contributed by atoms with van der Waals surface area (Å²) < 4.78 is 36.8. The summed E-state index contributed by atoms with van der Waals surface area (Å²) in [6.45, 7) is 3.94. The minimum Gasteiger partial charge on any atom is -0.378 e. The Kier molecular flexibility index (Phi) is 5.26. The van der Waals surface area contributed by atoms with Gasteiger partial charge in [-0.05, 0) is 31.2 Å². The number of fused-ring (bicyclic) bond motifs is 2. The molecule has 1 aliphatic carbocycles. The largest absolute Gasteiger partial charge is 0.378 e. The number of anilines is 1. The van der Waals surface area contributed by atoms with E-state index in [4.69, 9.17) is 8.92 Å². The lowest BCUT2D eigenvalue weighted by molar-refractivity contribution is 0.0976. The number of carbonyl (C=O) groups is 2. The van der Waals surface area contributed by atoms with E-state index in [1.807, 2.05) is 11.8 Å². The molecule has 0 spiro atoms. The van der Waals surface area contributed by atoms with Crippen molar-refractivity contribution in [3.8, 4) is 5.75 Å². The van der Waals surface area contributed by atoms with Crippen LogP contribution in [0.2, 0.25) is 0 Å². The number of carbonyl (C=O) groups excluding carboxylic acids is 2. The Hall–Kier alpha value is -3.49. The summed E-state index contributed by atoms with van der Waals surface area (Å²) in [5.74, 6) is -0.931. The molecular formula is C25H21NO6S. The molecule has 5 rings (SSSR count). The van der Waals surface area contributed by atoms with Gasteiger partial charge in [-0.1, -0.05) is 42.0 Å². The molecule has 0 amide bonds. The maximum Gasteiger partial charge on any atom is 0.339 e. The highest BCUT2D eigenvalue weighted by Crippen LogP contribution is 2.40. The van der Waals surface area contributed by atoms with Crippen molar-refractivity contribution in [2.75, 3.05) is 31.2 Å². The summed E-state index contributed by atoms with van der Waals surface area (Å²) in [6.07, 6.45) is 0. The topological polar surface area (TPSA) is 90.0 Å². The average molecular weight is 464 g/mol. The first kappa shape index (κ1) is 21.4. The zero-order chi connectivity index (χ0) is 23.2. The predicted molar refractivity (Wildman–Crippen MR) is 122 cm³/mol. The highest BCUT2D eigenvalue weighted by molar-refractivity contribution is 7.87. The van der Waals surface area contributed by atoms with E-state index >= 15 is 0 Å². The number of hydrogen-bond donors (Lipinski definition) is 0. The number of hydrogen-bond acceptors (Lipinski definition) is 7. The number of rotatable bonds is 4. The zero-order valence-corrected chi connectivity index (χ0v) is 18.7. The van der Waals surface area contributed by atoms with Crippen molar-refractivity contribution in [2.45, 2.75) is 11.8 Å². The molecule has 1 fully saturated rings. The molecule has 0 atom stereocenters. The third-order valence-corrected chi connectivity index (χ3v) is 7.12. The van der Waals surface area contributed by atoms with Crippen LogP contribution in [0.5, 0.6) is 5.75 Å². The van der Waals surface area contributed by atoms with Crippen LogP contribution in [0.4, 0.5) is 5.69 Å². The molecule has 3 aromatic rings. The van der Waals surface area contributed by atoms with Crippen molar-refractivity contribution in [3.63, 3.8) is 0 Å². The SMILES string of the molecule is Cc1ccc(S(=O)(=O)Oc2ccc(N3CCOCC3)c3c2C(=O)c2ccccc2C3=O)cc1. The number of ether oxygens (including phenoxy) is 1. The van der Waals surface area contributed by atoms with Crippen LogP contribution in [0, 0.1) is 6.92 Å². The Bertz CT molecular complexity index is 1370. The van der Waals surface area contributed by atoms with Gasteiger partial charge < -0.3 is 13.8 Å². The molecule has 0 unspecified atom stereocenters. The van der Waals surface area contributed by atoms with Gasteiger partial charge in [-0.15, -0.1) is 0 Å². The second-order valence-corrected chi connectivity index (χ2v) is 9.53. The van der Waals surface area contributed by atoms with Crippen LogP contribution in [0.1, 0.15) is 37.4 Å². The van der Waals surface area contributed by atoms with Gasteiger partial charge in [0.1, 0.15) is 4.90 Å². The number of aryl methyl sites for hydroxylation is 1. The molecule has 0 bridgehead atoms. The van der Waals surface area contributed by atoms with Crippen molar-refractivity contribution < 1.29 is 26.9 Å². The molecule has 3 aromatic carbocycles. The van der Waals surface area contributed by atoms with Gasteiger partial charge in [0.15, 0.2) is 17.3 Å². The maximum atomic E-state index is 13.5. The van der Waals surface area contributed by atoms with Gasteiger partial charge in [0.25, 0.3) is 0 Å². The second kappa shape index (κ2) is 8.13. The number of nitrogens with zero attached hydrogens (tertiary/aromatic N) is 1. The average Bonchev–Trinajstić information content (AvgIpc) is 2.83. The standard InChI is InChI=1S/C25H21NO6S/c1-16-6-8-17(9-7-16)33(29,30)32-21-11-10-20(26-12-14-31-15-13-26)22-23(21)25(28)19-5-3-2-4-18(19)24(22)27/h2-11H,12-15H2,1H3. The van der Waals surface area contributed by atoms with Gasteiger partial charge >= 0.3 is 10.1 Å². The van der Waals surface area contributed by atoms with Gasteiger partial charge in [0.2, 0.25) is 0 Å². The van der Waals surface area contributed by atoms with Crippen LogP contribution in [-0.4, -0.2) is 46.3 Å². The molecule has 1 saturated heterocycles. The highest BCUT2D eigenvalue weighted by Gasteiger charge is 2.37. The second-order valence-electron chi connectivity index (χ2n) is 7.99. The minimum absolute atomic E-state index is 0.0293. The van der Waals surface area contributed by atoms with E-state index in [0.717, 1.165) is 5.56 Å². The Labute approximate surface area is 191 Å². The lowest BCUT2D eigenvalue weighted by atomic mass is 9.82. The number of ketones is 2. The lowest BCUT2D eigenvalue weighted by Gasteiger charge is -2.32. The summed E-state index contributed by atoms with van der Waals surface area (Å²) >= 11 is 0. The van der Waals surface area contributed by atoms with E-state index in [2.05, 4.69) is 0 Å². The summed E-state index contributed by atoms with van der Waals surface area (Å²) in [6, 6.07) is 15.9. The van der Waals surface area contributed by atoms with Crippen LogP contribution >= 0.6 is 0 Å². The van der Waals surface area contributed by atoms with Crippen LogP contribution in [0.25, 0.3) is 0 Å². The monoisotopic (exact) mass is 463 g/mol. The molecule has 33 heavy (non-hydrogen) atoms. The molecule has 0 aromatic heterocycles. The Morgan fingerprint density at radius 3 is 2.06 bits per heavy atom. The minimum atomic E-state index is -4.22. The quantitative estimate of drug-likeness (QED) is 0.429. The molecule has 2 aliphatic rings. The predicted octanol–water partition coefficient (Wildman–Crippen LogP) is 3.37. The fourth-order valence-electron chi connectivity index (χ4n) is 4.18. The molecule has 7 nitrogen and oxygen atoms in total. The van der Waals surface area contributed by atoms with E-state index in [1.165, 1.54) is 18.2 Å². The fourth-order valence-corrected chi connectivity index (χ4v) is 5.13. The highest BCUT2D eigenvalue weighted by atomic mass is 32.2. The number of benzene rings is 3. The molecule has 8 heteroatoms. The summed E-state index contributed by atoms with van der Waals surface area (Å²) in [5.41, 5.74) is 2.13. The zero-order valence-electron chi connectivity index (χ0n) is 17.9. The third kappa shape index (κ3) is 3.71. The first-order valence-electron chi connectivity index (χ1n) is 10.6. The molecule has 1 aliphatic heterocycles. The van der Waals surface area contributed by atoms with E-state index in [0.29, 0.717) is 37.6 Å². The lowest BCUT2D eigenvalue weighted by Crippen LogP contribution is -2.38. The van der Waals surface area contributed by atoms with Crippen molar-refractivity contribution in [2.24, 2.45) is 0 Å². The third-order valence-electron chi connectivity index (χ3n) is 5.88. The molecule has 1 heterocycles. The van der Waals surface area contributed by atoms with Crippen molar-refractivity contribution in [1.29, 1.82) is 0 Å². The first-order chi connectivity index (χ1) is 15.9. The van der Waals surface area contributed by atoms with Gasteiger partial charge in [0.05, 0.1) is 24.3 Å². The molecule has 168 valence electrons. The Balaban J connectivity index is 1.67. The molecule has 0 saturated carbocycles. The van der Waals surface area contributed by atoms with E-state index in [9.17, 15) is 18.0 Å². The summed E-state index contributed by atoms with van der Waals surface area (Å²) in [7, 11) is -4.22. The number of morpholine rings is 1.